The van der Waals surface area contributed by atoms with Crippen LogP contribution < -0.4 is 9.46 Å². The van der Waals surface area contributed by atoms with E-state index in [1.807, 2.05) is 0 Å². The zero-order valence-corrected chi connectivity index (χ0v) is 19.3. The zero-order chi connectivity index (χ0) is 23.8. The molecule has 176 valence electrons. The molecule has 2 aromatic rings. The number of rotatable bonds is 5. The van der Waals surface area contributed by atoms with E-state index >= 15 is 0 Å². The van der Waals surface area contributed by atoms with Crippen LogP contribution in [0.5, 0.6) is 5.75 Å². The number of benzene rings is 2. The standard InChI is InChI=1S/C22H23ClN2O7S/c1-25-17-8-7-14(11-21(26)27)32-19(17)12-31-18-9-6-13(10-15(18)22(25)28)24-33(29,30)20-5-3-2-4-16(20)23/h2-6,9-10,14,17,19,24H,7-8,11-12H2,1H3,(H,26,27)/t14-,17+,19+/m1/s1. The van der Waals surface area contributed by atoms with Crippen molar-refractivity contribution in [3.8, 4) is 5.75 Å². The van der Waals surface area contributed by atoms with Crippen molar-refractivity contribution in [2.45, 2.75) is 42.4 Å². The van der Waals surface area contributed by atoms with E-state index in [1.54, 1.807) is 24.1 Å². The number of carbonyl (C=O) groups is 2. The second-order valence-corrected chi connectivity index (χ2v) is 10.1. The third kappa shape index (κ3) is 4.92. The number of anilines is 1. The topological polar surface area (TPSA) is 122 Å². The molecule has 2 aliphatic heterocycles. The summed E-state index contributed by atoms with van der Waals surface area (Å²) in [7, 11) is -2.32. The molecule has 4 rings (SSSR count). The lowest BCUT2D eigenvalue weighted by molar-refractivity contribution is -0.148. The number of carboxylic acids is 1. The van der Waals surface area contributed by atoms with Gasteiger partial charge < -0.3 is 19.5 Å². The lowest BCUT2D eigenvalue weighted by Crippen LogP contribution is -2.53. The van der Waals surface area contributed by atoms with Crippen LogP contribution in [0.1, 0.15) is 29.6 Å². The average Bonchev–Trinajstić information content (AvgIpc) is 2.76. The van der Waals surface area contributed by atoms with Crippen molar-refractivity contribution in [3.63, 3.8) is 0 Å². The molecule has 0 aliphatic carbocycles. The molecule has 11 heteroatoms. The van der Waals surface area contributed by atoms with Crippen LogP contribution in [-0.2, 0) is 19.6 Å². The fraction of sp³-hybridized carbons (Fsp3) is 0.364. The third-order valence-corrected chi connectivity index (χ3v) is 7.67. The Morgan fingerprint density at radius 2 is 2.00 bits per heavy atom. The van der Waals surface area contributed by atoms with Crippen molar-refractivity contribution >= 4 is 39.2 Å². The first-order valence-corrected chi connectivity index (χ1v) is 12.2. The first kappa shape index (κ1) is 23.3. The average molecular weight is 495 g/mol. The van der Waals surface area contributed by atoms with Gasteiger partial charge in [0.05, 0.1) is 29.2 Å². The highest BCUT2D eigenvalue weighted by molar-refractivity contribution is 7.92. The molecule has 0 radical (unpaired) electrons. The molecule has 0 unspecified atom stereocenters. The number of hydrogen-bond acceptors (Lipinski definition) is 6. The van der Waals surface area contributed by atoms with Crippen molar-refractivity contribution in [1.82, 2.24) is 4.90 Å². The van der Waals surface area contributed by atoms with E-state index in [2.05, 4.69) is 4.72 Å². The maximum Gasteiger partial charge on any atom is 0.305 e. The Hall–Kier alpha value is -2.82. The number of carbonyl (C=O) groups excluding carboxylic acids is 1. The predicted molar refractivity (Wildman–Crippen MR) is 120 cm³/mol. The van der Waals surface area contributed by atoms with Gasteiger partial charge in [-0.2, -0.15) is 0 Å². The van der Waals surface area contributed by atoms with Crippen molar-refractivity contribution in [3.05, 3.63) is 53.1 Å². The molecule has 0 aromatic heterocycles. The van der Waals surface area contributed by atoms with Crippen LogP contribution in [0.15, 0.2) is 47.4 Å². The molecule has 1 saturated heterocycles. The maximum absolute atomic E-state index is 13.2. The molecule has 9 nitrogen and oxygen atoms in total. The Morgan fingerprint density at radius 3 is 2.73 bits per heavy atom. The first-order chi connectivity index (χ1) is 15.7. The minimum absolute atomic E-state index is 0.0729. The molecule has 2 N–H and O–H groups in total. The summed E-state index contributed by atoms with van der Waals surface area (Å²) in [5, 5.41) is 9.13. The molecule has 1 fully saturated rings. The molecular formula is C22H23ClN2O7S. The Bertz CT molecular complexity index is 1190. The van der Waals surface area contributed by atoms with Gasteiger partial charge in [-0.3, -0.25) is 14.3 Å². The second kappa shape index (κ2) is 9.20. The lowest BCUT2D eigenvalue weighted by atomic mass is 9.95. The first-order valence-electron chi connectivity index (χ1n) is 10.3. The van der Waals surface area contributed by atoms with Gasteiger partial charge >= 0.3 is 5.97 Å². The molecule has 2 heterocycles. The summed E-state index contributed by atoms with van der Waals surface area (Å²) in [6.45, 7) is 0.135. The van der Waals surface area contributed by atoms with E-state index in [4.69, 9.17) is 26.2 Å². The fourth-order valence-electron chi connectivity index (χ4n) is 4.16. The number of halogens is 1. The highest BCUT2D eigenvalue weighted by Gasteiger charge is 2.39. The summed E-state index contributed by atoms with van der Waals surface area (Å²) in [6, 6.07) is 10.2. The molecule has 0 bridgehead atoms. The van der Waals surface area contributed by atoms with Crippen LogP contribution in [0, 0.1) is 0 Å². The van der Waals surface area contributed by atoms with E-state index in [9.17, 15) is 18.0 Å². The quantitative estimate of drug-likeness (QED) is 0.655. The summed E-state index contributed by atoms with van der Waals surface area (Å²) in [5.41, 5.74) is 0.403. The van der Waals surface area contributed by atoms with E-state index in [0.717, 1.165) is 0 Å². The molecule has 3 atom stereocenters. The van der Waals surface area contributed by atoms with Crippen molar-refractivity contribution in [2.75, 3.05) is 18.4 Å². The van der Waals surface area contributed by atoms with Gasteiger partial charge in [0.15, 0.2) is 0 Å². The van der Waals surface area contributed by atoms with Gasteiger partial charge in [0, 0.05) is 12.7 Å². The van der Waals surface area contributed by atoms with Crippen LogP contribution in [0.2, 0.25) is 5.02 Å². The molecule has 0 spiro atoms. The highest BCUT2D eigenvalue weighted by atomic mass is 35.5. The number of nitrogens with one attached hydrogen (secondary N) is 1. The van der Waals surface area contributed by atoms with Crippen LogP contribution in [-0.4, -0.2) is 62.2 Å². The molecule has 2 aliphatic rings. The van der Waals surface area contributed by atoms with E-state index in [0.29, 0.717) is 12.8 Å². The van der Waals surface area contributed by atoms with Gasteiger partial charge in [-0.15, -0.1) is 0 Å². The zero-order valence-electron chi connectivity index (χ0n) is 17.7. The van der Waals surface area contributed by atoms with Crippen molar-refractivity contribution in [2.24, 2.45) is 0 Å². The Morgan fingerprint density at radius 1 is 1.24 bits per heavy atom. The van der Waals surface area contributed by atoms with Gasteiger partial charge in [0.2, 0.25) is 0 Å². The van der Waals surface area contributed by atoms with Gasteiger partial charge in [0.25, 0.3) is 15.9 Å². The molecule has 1 amide bonds. The SMILES string of the molecule is CN1C(=O)c2cc(NS(=O)(=O)c3ccccc3Cl)ccc2OC[C@@H]2O[C@@H](CC(=O)O)CC[C@@H]21. The Kier molecular flexibility index (Phi) is 6.51. The van der Waals surface area contributed by atoms with Gasteiger partial charge in [-0.05, 0) is 43.2 Å². The minimum atomic E-state index is -3.97. The Balaban J connectivity index is 1.58. The largest absolute Gasteiger partial charge is 0.490 e. The number of ether oxygens (including phenoxy) is 2. The predicted octanol–water partition coefficient (Wildman–Crippen LogP) is 3.00. The van der Waals surface area contributed by atoms with E-state index < -0.39 is 28.2 Å². The minimum Gasteiger partial charge on any atom is -0.490 e. The number of nitrogens with zero attached hydrogens (tertiary/aromatic N) is 1. The van der Waals surface area contributed by atoms with Gasteiger partial charge in [-0.1, -0.05) is 23.7 Å². The van der Waals surface area contributed by atoms with Gasteiger partial charge in [-0.25, -0.2) is 8.42 Å². The van der Waals surface area contributed by atoms with Crippen LogP contribution in [0.3, 0.4) is 0 Å². The molecule has 33 heavy (non-hydrogen) atoms. The highest BCUT2D eigenvalue weighted by Crippen LogP contribution is 2.33. The normalized spacial score (nSPS) is 22.9. The summed E-state index contributed by atoms with van der Waals surface area (Å²) in [6.07, 6.45) is 0.0738. The van der Waals surface area contributed by atoms with E-state index in [1.165, 1.54) is 30.3 Å². The van der Waals surface area contributed by atoms with Gasteiger partial charge in [0.1, 0.15) is 23.4 Å². The number of sulfonamides is 1. The number of carboxylic acid groups (broad SMARTS) is 1. The lowest BCUT2D eigenvalue weighted by Gasteiger charge is -2.42. The number of likely N-dealkylation sites (N-methyl/N-ethyl adjacent to an activating group) is 1. The summed E-state index contributed by atoms with van der Waals surface area (Å²) < 4.78 is 39.8. The second-order valence-electron chi connectivity index (χ2n) is 8.01. The van der Waals surface area contributed by atoms with Crippen molar-refractivity contribution < 1.29 is 32.6 Å². The summed E-state index contributed by atoms with van der Waals surface area (Å²) in [5.74, 6) is -1.000. The summed E-state index contributed by atoms with van der Waals surface area (Å²) >= 11 is 6.03. The third-order valence-electron chi connectivity index (χ3n) is 5.79. The number of aliphatic carboxylic acids is 1. The summed E-state index contributed by atoms with van der Waals surface area (Å²) in [4.78, 5) is 25.8. The number of hydrogen-bond donors (Lipinski definition) is 2. The van der Waals surface area contributed by atoms with Crippen molar-refractivity contribution in [1.29, 1.82) is 0 Å². The fourth-order valence-corrected chi connectivity index (χ4v) is 5.73. The molecule has 0 saturated carbocycles. The Labute approximate surface area is 196 Å². The van der Waals surface area contributed by atoms with Crippen LogP contribution in [0.4, 0.5) is 5.69 Å². The van der Waals surface area contributed by atoms with Crippen LogP contribution in [0.25, 0.3) is 0 Å². The molecule has 2 aromatic carbocycles. The number of fused-ring (bicyclic) bond motifs is 2. The maximum atomic E-state index is 13.2. The van der Waals surface area contributed by atoms with E-state index in [-0.39, 0.29) is 51.9 Å². The smallest absolute Gasteiger partial charge is 0.305 e. The molecular weight excluding hydrogens is 472 g/mol. The number of amides is 1. The monoisotopic (exact) mass is 494 g/mol. The van der Waals surface area contributed by atoms with Crippen LogP contribution >= 0.6 is 11.6 Å².